The van der Waals surface area contributed by atoms with Crippen LogP contribution in [-0.2, 0) is 0 Å². The second kappa shape index (κ2) is 6.10. The fourth-order valence-corrected chi connectivity index (χ4v) is 2.08. The van der Waals surface area contributed by atoms with E-state index in [-0.39, 0.29) is 12.5 Å². The Hall–Kier alpha value is -1.49. The maximum atomic E-state index is 11.9. The highest BCUT2D eigenvalue weighted by molar-refractivity contribution is 6.35. The Morgan fingerprint density at radius 2 is 2.00 bits per heavy atom. The van der Waals surface area contributed by atoms with Crippen LogP contribution in [0.15, 0.2) is 41.0 Å². The lowest BCUT2D eigenvalue weighted by molar-refractivity contribution is 0.0901. The van der Waals surface area contributed by atoms with Crippen LogP contribution in [0.2, 0.25) is 10.0 Å². The molecule has 1 aromatic carbocycles. The third kappa shape index (κ3) is 3.73. The summed E-state index contributed by atoms with van der Waals surface area (Å²) in [6, 6.07) is 7.84. The van der Waals surface area contributed by atoms with Crippen LogP contribution >= 0.6 is 23.2 Å². The van der Waals surface area contributed by atoms with Gasteiger partial charge >= 0.3 is 0 Å². The first-order valence-corrected chi connectivity index (χ1v) is 6.27. The molecule has 0 saturated carbocycles. The van der Waals surface area contributed by atoms with E-state index < -0.39 is 6.10 Å². The second-order valence-corrected chi connectivity index (χ2v) is 4.77. The molecule has 1 unspecified atom stereocenters. The average Bonchev–Trinajstić information content (AvgIpc) is 2.88. The van der Waals surface area contributed by atoms with Crippen LogP contribution in [0.5, 0.6) is 0 Å². The standard InChI is InChI=1S/C13H11Cl2NO3/c14-9-4-8(5-10(15)6-9)13(18)16-7-11(17)12-2-1-3-19-12/h1-6,11,17H,7H2,(H,16,18). The van der Waals surface area contributed by atoms with Crippen molar-refractivity contribution in [1.29, 1.82) is 0 Å². The van der Waals surface area contributed by atoms with E-state index in [9.17, 15) is 9.90 Å². The number of furan rings is 1. The number of nitrogens with one attached hydrogen (secondary N) is 1. The van der Waals surface area contributed by atoms with E-state index in [4.69, 9.17) is 27.6 Å². The molecule has 0 aliphatic heterocycles. The van der Waals surface area contributed by atoms with Crippen LogP contribution < -0.4 is 5.32 Å². The minimum Gasteiger partial charge on any atom is -0.467 e. The molecule has 1 aromatic heterocycles. The van der Waals surface area contributed by atoms with Gasteiger partial charge in [0.2, 0.25) is 0 Å². The van der Waals surface area contributed by atoms with Gasteiger partial charge in [0.15, 0.2) is 0 Å². The van der Waals surface area contributed by atoms with Crippen LogP contribution in [0.1, 0.15) is 22.2 Å². The van der Waals surface area contributed by atoms with Gasteiger partial charge in [-0.25, -0.2) is 0 Å². The lowest BCUT2D eigenvalue weighted by Crippen LogP contribution is -2.28. The van der Waals surface area contributed by atoms with E-state index in [0.717, 1.165) is 0 Å². The number of benzene rings is 1. The molecule has 4 nitrogen and oxygen atoms in total. The van der Waals surface area contributed by atoms with E-state index >= 15 is 0 Å². The highest BCUT2D eigenvalue weighted by Gasteiger charge is 2.13. The van der Waals surface area contributed by atoms with Crippen molar-refractivity contribution in [1.82, 2.24) is 5.32 Å². The lowest BCUT2D eigenvalue weighted by Gasteiger charge is -2.10. The number of carbonyl (C=O) groups excluding carboxylic acids is 1. The summed E-state index contributed by atoms with van der Waals surface area (Å²) in [4.78, 5) is 11.9. The Morgan fingerprint density at radius 3 is 2.58 bits per heavy atom. The summed E-state index contributed by atoms with van der Waals surface area (Å²) in [6.45, 7) is 0.0382. The summed E-state index contributed by atoms with van der Waals surface area (Å²) in [5, 5.41) is 13.1. The van der Waals surface area contributed by atoms with Crippen molar-refractivity contribution in [2.75, 3.05) is 6.54 Å². The summed E-state index contributed by atoms with van der Waals surface area (Å²) in [6.07, 6.45) is 0.561. The number of rotatable bonds is 4. The van der Waals surface area contributed by atoms with Gasteiger partial charge in [0.05, 0.1) is 12.8 Å². The number of aliphatic hydroxyl groups excluding tert-OH is 1. The Kier molecular flexibility index (Phi) is 4.47. The van der Waals surface area contributed by atoms with E-state index in [0.29, 0.717) is 21.4 Å². The summed E-state index contributed by atoms with van der Waals surface area (Å²) in [7, 11) is 0. The molecule has 0 saturated heterocycles. The van der Waals surface area contributed by atoms with Crippen molar-refractivity contribution in [3.63, 3.8) is 0 Å². The van der Waals surface area contributed by atoms with Gasteiger partial charge in [0.1, 0.15) is 11.9 Å². The van der Waals surface area contributed by atoms with Gasteiger partial charge in [-0.3, -0.25) is 4.79 Å². The second-order valence-electron chi connectivity index (χ2n) is 3.90. The fraction of sp³-hybridized carbons (Fsp3) is 0.154. The maximum absolute atomic E-state index is 11.9. The molecule has 100 valence electrons. The van der Waals surface area contributed by atoms with Crippen LogP contribution in [-0.4, -0.2) is 17.6 Å². The molecule has 19 heavy (non-hydrogen) atoms. The van der Waals surface area contributed by atoms with Crippen molar-refractivity contribution in [2.45, 2.75) is 6.10 Å². The first kappa shape index (κ1) is 13.9. The third-order valence-corrected chi connectivity index (χ3v) is 2.89. The molecule has 6 heteroatoms. The number of amides is 1. The highest BCUT2D eigenvalue weighted by Crippen LogP contribution is 2.19. The molecule has 2 rings (SSSR count). The Labute approximate surface area is 119 Å². The van der Waals surface area contributed by atoms with Crippen molar-refractivity contribution < 1.29 is 14.3 Å². The van der Waals surface area contributed by atoms with Gasteiger partial charge in [0, 0.05) is 15.6 Å². The molecular formula is C13H11Cl2NO3. The maximum Gasteiger partial charge on any atom is 0.251 e. The molecule has 0 aliphatic rings. The van der Waals surface area contributed by atoms with Crippen molar-refractivity contribution in [2.24, 2.45) is 0 Å². The molecule has 0 aliphatic carbocycles. The van der Waals surface area contributed by atoms with Crippen molar-refractivity contribution in [3.8, 4) is 0 Å². The van der Waals surface area contributed by atoms with Crippen LogP contribution in [0, 0.1) is 0 Å². The van der Waals surface area contributed by atoms with Crippen molar-refractivity contribution in [3.05, 3.63) is 58.0 Å². The predicted molar refractivity (Wildman–Crippen MR) is 72.5 cm³/mol. The van der Waals surface area contributed by atoms with Gasteiger partial charge in [-0.1, -0.05) is 23.2 Å². The number of aliphatic hydroxyl groups is 1. The zero-order chi connectivity index (χ0) is 13.8. The van der Waals surface area contributed by atoms with Gasteiger partial charge in [0.25, 0.3) is 5.91 Å². The molecule has 0 spiro atoms. The molecule has 0 fully saturated rings. The Balaban J connectivity index is 1.98. The number of halogens is 2. The minimum atomic E-state index is -0.895. The Bertz CT molecular complexity index is 549. The fourth-order valence-electron chi connectivity index (χ4n) is 1.56. The molecule has 0 radical (unpaired) electrons. The number of carbonyl (C=O) groups is 1. The average molecular weight is 300 g/mol. The third-order valence-electron chi connectivity index (χ3n) is 2.45. The molecule has 1 amide bonds. The first-order chi connectivity index (χ1) is 9.06. The minimum absolute atomic E-state index is 0.0382. The molecule has 0 bridgehead atoms. The van der Waals surface area contributed by atoms with E-state index in [1.807, 2.05) is 0 Å². The highest BCUT2D eigenvalue weighted by atomic mass is 35.5. The van der Waals surface area contributed by atoms with Crippen molar-refractivity contribution >= 4 is 29.1 Å². The number of hydrogen-bond acceptors (Lipinski definition) is 3. The Morgan fingerprint density at radius 1 is 1.32 bits per heavy atom. The molecule has 2 N–H and O–H groups in total. The van der Waals surface area contributed by atoms with E-state index in [1.165, 1.54) is 24.5 Å². The normalized spacial score (nSPS) is 12.2. The topological polar surface area (TPSA) is 62.5 Å². The molecular weight excluding hydrogens is 289 g/mol. The largest absolute Gasteiger partial charge is 0.467 e. The number of hydrogen-bond donors (Lipinski definition) is 2. The SMILES string of the molecule is O=C(NCC(O)c1ccco1)c1cc(Cl)cc(Cl)c1. The van der Waals surface area contributed by atoms with Crippen LogP contribution in [0.4, 0.5) is 0 Å². The summed E-state index contributed by atoms with van der Waals surface area (Å²) in [5.74, 6) is 0.0273. The monoisotopic (exact) mass is 299 g/mol. The van der Waals surface area contributed by atoms with Gasteiger partial charge in [-0.15, -0.1) is 0 Å². The van der Waals surface area contributed by atoms with Gasteiger partial charge < -0.3 is 14.8 Å². The molecule has 1 heterocycles. The molecule has 2 aromatic rings. The van der Waals surface area contributed by atoms with Gasteiger partial charge in [-0.2, -0.15) is 0 Å². The summed E-state index contributed by atoms with van der Waals surface area (Å²) < 4.78 is 5.03. The van der Waals surface area contributed by atoms with E-state index in [2.05, 4.69) is 5.32 Å². The summed E-state index contributed by atoms with van der Waals surface area (Å²) >= 11 is 11.6. The lowest BCUT2D eigenvalue weighted by atomic mass is 10.2. The zero-order valence-corrected chi connectivity index (χ0v) is 11.3. The first-order valence-electron chi connectivity index (χ1n) is 5.52. The smallest absolute Gasteiger partial charge is 0.251 e. The van der Waals surface area contributed by atoms with E-state index in [1.54, 1.807) is 12.1 Å². The van der Waals surface area contributed by atoms with Gasteiger partial charge in [-0.05, 0) is 30.3 Å². The quantitative estimate of drug-likeness (QED) is 0.912. The zero-order valence-electron chi connectivity index (χ0n) is 9.77. The molecule has 1 atom stereocenters. The predicted octanol–water partition coefficient (Wildman–Crippen LogP) is 3.05. The van der Waals surface area contributed by atoms with Crippen LogP contribution in [0.3, 0.4) is 0 Å². The summed E-state index contributed by atoms with van der Waals surface area (Å²) in [5.41, 5.74) is 0.337. The van der Waals surface area contributed by atoms with Crippen LogP contribution in [0.25, 0.3) is 0 Å².